The van der Waals surface area contributed by atoms with Gasteiger partial charge in [-0.3, -0.25) is 0 Å². The lowest BCUT2D eigenvalue weighted by Gasteiger charge is -2.34. The molecule has 0 radical (unpaired) electrons. The molecule has 1 aliphatic carbocycles. The quantitative estimate of drug-likeness (QED) is 0.427. The number of hydrogen-bond donors (Lipinski definition) is 1. The van der Waals surface area contributed by atoms with Gasteiger partial charge in [0.05, 0.1) is 11.5 Å². The van der Waals surface area contributed by atoms with Crippen LogP contribution in [0.3, 0.4) is 0 Å². The third-order valence-corrected chi connectivity index (χ3v) is 10.3. The van der Waals surface area contributed by atoms with Gasteiger partial charge in [-0.15, -0.1) is 0 Å². The first-order chi connectivity index (χ1) is 18.7. The highest BCUT2D eigenvalue weighted by Crippen LogP contribution is 2.44. The molecular formula is C30H39N5O2S. The van der Waals surface area contributed by atoms with Crippen molar-refractivity contribution in [3.8, 4) is 16.9 Å². The van der Waals surface area contributed by atoms with E-state index in [0.717, 1.165) is 46.7 Å². The van der Waals surface area contributed by atoms with Crippen LogP contribution >= 0.6 is 11.8 Å². The Hall–Kier alpha value is -2.29. The first-order valence-electron chi connectivity index (χ1n) is 14.5. The minimum atomic E-state index is -0.0826. The topological polar surface area (TPSA) is 78.4 Å². The van der Waals surface area contributed by atoms with Crippen molar-refractivity contribution in [3.63, 3.8) is 0 Å². The number of hydrogen-bond acceptors (Lipinski definition) is 7. The molecule has 7 rings (SSSR count). The number of thioether (sulfide) groups is 1. The van der Waals surface area contributed by atoms with E-state index < -0.39 is 0 Å². The van der Waals surface area contributed by atoms with Crippen molar-refractivity contribution >= 4 is 28.6 Å². The van der Waals surface area contributed by atoms with E-state index in [1.54, 1.807) is 6.33 Å². The monoisotopic (exact) mass is 533 g/mol. The summed E-state index contributed by atoms with van der Waals surface area (Å²) in [5, 5.41) is 0.953. The second-order valence-electron chi connectivity index (χ2n) is 11.8. The zero-order chi connectivity index (χ0) is 25.5. The van der Waals surface area contributed by atoms with E-state index in [4.69, 9.17) is 20.2 Å². The number of anilines is 1. The fraction of sp³-hybridized carbons (Fsp3) is 0.600. The van der Waals surface area contributed by atoms with Crippen molar-refractivity contribution < 1.29 is 9.47 Å². The largest absolute Gasteiger partial charge is 0.491 e. The highest BCUT2D eigenvalue weighted by Gasteiger charge is 2.46. The van der Waals surface area contributed by atoms with E-state index in [-0.39, 0.29) is 5.60 Å². The number of nitrogens with two attached hydrogens (primary N) is 1. The Bertz CT molecular complexity index is 1270. The molecule has 7 nitrogen and oxygen atoms in total. The zero-order valence-electron chi connectivity index (χ0n) is 22.2. The van der Waals surface area contributed by atoms with E-state index in [2.05, 4.69) is 50.6 Å². The SMILES string of the molecule is Nc1ncnc2c1c(-c1cccc(OCC34CCC(CC3)O4)c1)cn2C1CCC(CN2CCSCC2)CC1. The van der Waals surface area contributed by atoms with E-state index >= 15 is 0 Å². The lowest BCUT2D eigenvalue weighted by atomic mass is 9.85. The molecule has 4 aliphatic rings. The van der Waals surface area contributed by atoms with Crippen LogP contribution in [0.5, 0.6) is 5.75 Å². The fourth-order valence-electron chi connectivity index (χ4n) is 7.21. The molecule has 38 heavy (non-hydrogen) atoms. The number of nitrogens with zero attached hydrogens (tertiary/aromatic N) is 4. The van der Waals surface area contributed by atoms with E-state index in [1.807, 2.05) is 6.07 Å². The van der Waals surface area contributed by atoms with Crippen molar-refractivity contribution in [1.82, 2.24) is 19.4 Å². The molecule has 3 aromatic rings. The molecule has 0 spiro atoms. The summed E-state index contributed by atoms with van der Waals surface area (Å²) >= 11 is 2.09. The molecule has 2 bridgehead atoms. The Balaban J connectivity index is 1.10. The van der Waals surface area contributed by atoms with Gasteiger partial charge in [-0.05, 0) is 75.0 Å². The maximum absolute atomic E-state index is 6.46. The number of aromatic nitrogens is 3. The fourth-order valence-corrected chi connectivity index (χ4v) is 8.19. The normalized spacial score (nSPS) is 29.7. The van der Waals surface area contributed by atoms with Crippen LogP contribution in [-0.4, -0.2) is 68.9 Å². The molecule has 2 aromatic heterocycles. The Morgan fingerprint density at radius 1 is 1.05 bits per heavy atom. The molecule has 3 aliphatic heterocycles. The van der Waals surface area contributed by atoms with Crippen molar-refractivity contribution in [2.24, 2.45) is 5.92 Å². The molecule has 2 N–H and O–H groups in total. The summed E-state index contributed by atoms with van der Waals surface area (Å²) in [6, 6.07) is 8.84. The molecule has 1 saturated carbocycles. The predicted molar refractivity (Wildman–Crippen MR) is 154 cm³/mol. The van der Waals surface area contributed by atoms with Crippen LogP contribution in [0, 0.1) is 5.92 Å². The van der Waals surface area contributed by atoms with Crippen molar-refractivity contribution in [1.29, 1.82) is 0 Å². The predicted octanol–water partition coefficient (Wildman–Crippen LogP) is 5.55. The molecular weight excluding hydrogens is 494 g/mol. The van der Waals surface area contributed by atoms with Crippen LogP contribution in [0.2, 0.25) is 0 Å². The molecule has 5 heterocycles. The third kappa shape index (κ3) is 4.80. The Morgan fingerprint density at radius 3 is 2.63 bits per heavy atom. The van der Waals surface area contributed by atoms with Gasteiger partial charge < -0.3 is 24.7 Å². The second-order valence-corrected chi connectivity index (χ2v) is 13.0. The number of benzene rings is 1. The van der Waals surface area contributed by atoms with E-state index in [0.29, 0.717) is 24.6 Å². The van der Waals surface area contributed by atoms with Gasteiger partial charge in [-0.25, -0.2) is 9.97 Å². The smallest absolute Gasteiger partial charge is 0.146 e. The Morgan fingerprint density at radius 2 is 1.87 bits per heavy atom. The average Bonchev–Trinajstić information content (AvgIpc) is 3.68. The molecule has 4 fully saturated rings. The summed E-state index contributed by atoms with van der Waals surface area (Å²) in [5.41, 5.74) is 9.52. The first kappa shape index (κ1) is 24.7. The lowest BCUT2D eigenvalue weighted by molar-refractivity contribution is -0.0198. The summed E-state index contributed by atoms with van der Waals surface area (Å²) in [7, 11) is 0. The molecule has 8 heteroatoms. The second kappa shape index (κ2) is 10.4. The maximum atomic E-state index is 6.46. The summed E-state index contributed by atoms with van der Waals surface area (Å²) < 4.78 is 14.9. The number of ether oxygens (including phenoxy) is 2. The summed E-state index contributed by atoms with van der Waals surface area (Å²) in [6.45, 7) is 4.40. The standard InChI is InChI=1S/C30H39N5O2S/c31-28-27-26(22-2-1-3-25(16-22)36-19-30-10-8-24(37-30)9-11-30)18-35(29(27)33-20-32-28)23-6-4-21(5-7-23)17-34-12-14-38-15-13-34/h1-3,16,18,20-21,23-24H,4-15,17,19H2,(H2,31,32,33). The summed E-state index contributed by atoms with van der Waals surface area (Å²) in [4.78, 5) is 11.8. The van der Waals surface area contributed by atoms with Crippen molar-refractivity contribution in [2.75, 3.05) is 43.5 Å². The first-order valence-corrected chi connectivity index (χ1v) is 15.6. The summed E-state index contributed by atoms with van der Waals surface area (Å²) in [5.74, 6) is 4.81. The minimum absolute atomic E-state index is 0.0826. The van der Waals surface area contributed by atoms with Crippen molar-refractivity contribution in [2.45, 2.75) is 69.1 Å². The van der Waals surface area contributed by atoms with Gasteiger partial charge in [0.1, 0.15) is 35.7 Å². The van der Waals surface area contributed by atoms with Crippen LogP contribution in [0.1, 0.15) is 57.4 Å². The van der Waals surface area contributed by atoms with Gasteiger partial charge in [-0.2, -0.15) is 11.8 Å². The zero-order valence-corrected chi connectivity index (χ0v) is 23.0. The van der Waals surface area contributed by atoms with Gasteiger partial charge in [0.15, 0.2) is 0 Å². The number of nitrogen functional groups attached to an aromatic ring is 1. The third-order valence-electron chi connectivity index (χ3n) is 9.38. The van der Waals surface area contributed by atoms with E-state index in [1.165, 1.54) is 69.7 Å². The van der Waals surface area contributed by atoms with Crippen LogP contribution in [-0.2, 0) is 4.74 Å². The molecule has 202 valence electrons. The Labute approximate surface area is 229 Å². The van der Waals surface area contributed by atoms with Gasteiger partial charge >= 0.3 is 0 Å². The van der Waals surface area contributed by atoms with Gasteiger partial charge in [0.25, 0.3) is 0 Å². The molecule has 0 amide bonds. The van der Waals surface area contributed by atoms with Crippen LogP contribution in [0.4, 0.5) is 5.82 Å². The maximum Gasteiger partial charge on any atom is 0.146 e. The van der Waals surface area contributed by atoms with Crippen molar-refractivity contribution in [3.05, 3.63) is 36.8 Å². The molecule has 1 aromatic carbocycles. The Kier molecular flexibility index (Phi) is 6.74. The van der Waals surface area contributed by atoms with Gasteiger partial charge in [0, 0.05) is 48.9 Å². The van der Waals surface area contributed by atoms with Gasteiger partial charge in [0.2, 0.25) is 0 Å². The van der Waals surface area contributed by atoms with Crippen LogP contribution in [0.15, 0.2) is 36.8 Å². The summed E-state index contributed by atoms with van der Waals surface area (Å²) in [6.07, 6.45) is 13.8. The highest BCUT2D eigenvalue weighted by molar-refractivity contribution is 7.99. The number of rotatable bonds is 7. The molecule has 3 saturated heterocycles. The molecule has 0 atom stereocenters. The van der Waals surface area contributed by atoms with Crippen LogP contribution < -0.4 is 10.5 Å². The molecule has 0 unspecified atom stereocenters. The minimum Gasteiger partial charge on any atom is -0.491 e. The average molecular weight is 534 g/mol. The van der Waals surface area contributed by atoms with E-state index in [9.17, 15) is 0 Å². The number of fused-ring (bicyclic) bond motifs is 3. The van der Waals surface area contributed by atoms with Crippen LogP contribution in [0.25, 0.3) is 22.2 Å². The van der Waals surface area contributed by atoms with Gasteiger partial charge in [-0.1, -0.05) is 12.1 Å². The highest BCUT2D eigenvalue weighted by atomic mass is 32.2. The lowest BCUT2D eigenvalue weighted by Crippen LogP contribution is -2.37.